The van der Waals surface area contributed by atoms with Crippen molar-refractivity contribution in [2.24, 2.45) is 0 Å². The fraction of sp³-hybridized carbons (Fsp3) is 0.500. The van der Waals surface area contributed by atoms with Crippen LogP contribution in [0, 0.1) is 6.92 Å². The second-order valence-electron chi connectivity index (χ2n) is 4.31. The van der Waals surface area contributed by atoms with Crippen LogP contribution < -0.4 is 4.90 Å². The van der Waals surface area contributed by atoms with Gasteiger partial charge >= 0.3 is 0 Å². The molecule has 0 spiro atoms. The third kappa shape index (κ3) is 2.51. The molecule has 0 radical (unpaired) electrons. The highest BCUT2D eigenvalue weighted by Gasteiger charge is 2.30. The van der Waals surface area contributed by atoms with E-state index in [1.54, 1.807) is 24.0 Å². The quantitative estimate of drug-likeness (QED) is 0.763. The van der Waals surface area contributed by atoms with Crippen molar-refractivity contribution in [1.82, 2.24) is 4.90 Å². The number of aryl methyl sites for hydroxylation is 1. The van der Waals surface area contributed by atoms with Crippen LogP contribution in [0.1, 0.15) is 12.7 Å². The van der Waals surface area contributed by atoms with Gasteiger partial charge in [-0.3, -0.25) is 14.5 Å². The average molecular weight is 271 g/mol. The predicted octanol–water partition coefficient (Wildman–Crippen LogP) is 1.39. The second-order valence-corrected chi connectivity index (χ2v) is 4.96. The normalized spacial score (nSPS) is 18.1. The Morgan fingerprint density at radius 2 is 2.17 bits per heavy atom. The van der Waals surface area contributed by atoms with E-state index >= 15 is 0 Å². The molecule has 2 heterocycles. The molecule has 1 saturated heterocycles. The van der Waals surface area contributed by atoms with Gasteiger partial charge in [0.25, 0.3) is 0 Å². The number of halogens is 1. The van der Waals surface area contributed by atoms with Gasteiger partial charge in [-0.25, -0.2) is 0 Å². The Hall–Kier alpha value is -1.49. The molecule has 0 N–H and O–H groups in total. The summed E-state index contributed by atoms with van der Waals surface area (Å²) in [6.07, 6.45) is 0. The number of anilines is 1. The maximum absolute atomic E-state index is 12.0. The summed E-state index contributed by atoms with van der Waals surface area (Å²) in [5.41, 5.74) is 0. The largest absolute Gasteiger partial charge is 0.445 e. The number of hydrogen-bond donors (Lipinski definition) is 0. The monoisotopic (exact) mass is 270 g/mol. The molecule has 98 valence electrons. The van der Waals surface area contributed by atoms with E-state index in [4.69, 9.17) is 16.0 Å². The third-order valence-electron chi connectivity index (χ3n) is 2.86. The van der Waals surface area contributed by atoms with Gasteiger partial charge in [0, 0.05) is 19.2 Å². The molecule has 0 aromatic carbocycles. The average Bonchev–Trinajstić information content (AvgIpc) is 2.74. The van der Waals surface area contributed by atoms with E-state index in [0.717, 1.165) is 5.76 Å². The van der Waals surface area contributed by atoms with Crippen LogP contribution in [-0.4, -0.2) is 41.7 Å². The molecule has 2 amide bonds. The number of nitrogens with zero attached hydrogens (tertiary/aromatic N) is 2. The van der Waals surface area contributed by atoms with Crippen LogP contribution in [0.25, 0.3) is 0 Å². The van der Waals surface area contributed by atoms with E-state index in [-0.39, 0.29) is 18.4 Å². The van der Waals surface area contributed by atoms with E-state index in [9.17, 15) is 9.59 Å². The maximum Gasteiger partial charge on any atom is 0.248 e. The molecular formula is C12H15ClN2O3. The number of piperazine rings is 1. The SMILES string of the molecule is Cc1ccc(N2CCN(C(=O)C(C)Cl)CC2=O)o1. The Morgan fingerprint density at radius 3 is 2.67 bits per heavy atom. The summed E-state index contributed by atoms with van der Waals surface area (Å²) < 4.78 is 5.41. The lowest BCUT2D eigenvalue weighted by molar-refractivity contribution is -0.136. The summed E-state index contributed by atoms with van der Waals surface area (Å²) in [7, 11) is 0. The van der Waals surface area contributed by atoms with Crippen molar-refractivity contribution in [2.45, 2.75) is 19.2 Å². The molecular weight excluding hydrogens is 256 g/mol. The first-order valence-corrected chi connectivity index (χ1v) is 6.22. The standard InChI is InChI=1S/C12H15ClN2O3/c1-8-3-4-11(18-8)15-6-5-14(7-10(15)16)12(17)9(2)13/h3-4,9H,5-7H2,1-2H3. The molecule has 2 rings (SSSR count). The fourth-order valence-electron chi connectivity index (χ4n) is 1.91. The summed E-state index contributed by atoms with van der Waals surface area (Å²) >= 11 is 5.73. The number of furan rings is 1. The maximum atomic E-state index is 12.0. The predicted molar refractivity (Wildman–Crippen MR) is 67.7 cm³/mol. The molecule has 5 nitrogen and oxygen atoms in total. The number of rotatable bonds is 2. The summed E-state index contributed by atoms with van der Waals surface area (Å²) in [6.45, 7) is 4.39. The lowest BCUT2D eigenvalue weighted by Gasteiger charge is -2.33. The lowest BCUT2D eigenvalue weighted by atomic mass is 10.2. The Morgan fingerprint density at radius 1 is 1.44 bits per heavy atom. The van der Waals surface area contributed by atoms with Gasteiger partial charge in [-0.1, -0.05) is 0 Å². The molecule has 18 heavy (non-hydrogen) atoms. The van der Waals surface area contributed by atoms with Crippen LogP contribution in [0.2, 0.25) is 0 Å². The topological polar surface area (TPSA) is 53.8 Å². The molecule has 0 bridgehead atoms. The van der Waals surface area contributed by atoms with E-state index in [1.807, 2.05) is 6.92 Å². The van der Waals surface area contributed by atoms with Gasteiger partial charge in [-0.2, -0.15) is 0 Å². The van der Waals surface area contributed by atoms with Gasteiger partial charge in [0.15, 0.2) is 0 Å². The Bertz CT molecular complexity index is 470. The summed E-state index contributed by atoms with van der Waals surface area (Å²) in [6, 6.07) is 3.57. The van der Waals surface area contributed by atoms with Crippen molar-refractivity contribution < 1.29 is 14.0 Å². The zero-order chi connectivity index (χ0) is 13.3. The molecule has 1 unspecified atom stereocenters. The molecule has 1 atom stereocenters. The molecule has 1 aliphatic rings. The van der Waals surface area contributed by atoms with Crippen molar-refractivity contribution in [3.8, 4) is 0 Å². The smallest absolute Gasteiger partial charge is 0.248 e. The van der Waals surface area contributed by atoms with Gasteiger partial charge in [0.2, 0.25) is 17.7 Å². The highest BCUT2D eigenvalue weighted by molar-refractivity contribution is 6.30. The van der Waals surface area contributed by atoms with Gasteiger partial charge in [-0.15, -0.1) is 11.6 Å². The van der Waals surface area contributed by atoms with E-state index in [0.29, 0.717) is 19.0 Å². The van der Waals surface area contributed by atoms with E-state index < -0.39 is 5.38 Å². The van der Waals surface area contributed by atoms with Crippen LogP contribution in [0.15, 0.2) is 16.5 Å². The van der Waals surface area contributed by atoms with Crippen molar-refractivity contribution in [3.63, 3.8) is 0 Å². The van der Waals surface area contributed by atoms with Crippen molar-refractivity contribution in [1.29, 1.82) is 0 Å². The summed E-state index contributed by atoms with van der Waals surface area (Å²) in [4.78, 5) is 26.7. The first kappa shape index (κ1) is 13.0. The van der Waals surface area contributed by atoms with Crippen LogP contribution in [0.5, 0.6) is 0 Å². The van der Waals surface area contributed by atoms with Gasteiger partial charge < -0.3 is 9.32 Å². The van der Waals surface area contributed by atoms with Crippen LogP contribution >= 0.6 is 11.6 Å². The van der Waals surface area contributed by atoms with Crippen molar-refractivity contribution in [3.05, 3.63) is 17.9 Å². The van der Waals surface area contributed by atoms with Crippen molar-refractivity contribution >= 4 is 29.3 Å². The third-order valence-corrected chi connectivity index (χ3v) is 3.05. The molecule has 1 aromatic heterocycles. The zero-order valence-electron chi connectivity index (χ0n) is 10.4. The van der Waals surface area contributed by atoms with Crippen molar-refractivity contribution in [2.75, 3.05) is 24.5 Å². The molecule has 0 saturated carbocycles. The molecule has 6 heteroatoms. The Labute approximate surface area is 110 Å². The lowest BCUT2D eigenvalue weighted by Crippen LogP contribution is -2.53. The highest BCUT2D eigenvalue weighted by atomic mass is 35.5. The van der Waals surface area contributed by atoms with Gasteiger partial charge in [-0.05, 0) is 19.9 Å². The number of carbonyl (C=O) groups excluding carboxylic acids is 2. The van der Waals surface area contributed by atoms with E-state index in [1.165, 1.54) is 4.90 Å². The minimum atomic E-state index is -0.602. The van der Waals surface area contributed by atoms with Crippen LogP contribution in [0.3, 0.4) is 0 Å². The van der Waals surface area contributed by atoms with Gasteiger partial charge in [0.1, 0.15) is 17.7 Å². The van der Waals surface area contributed by atoms with E-state index in [2.05, 4.69) is 0 Å². The zero-order valence-corrected chi connectivity index (χ0v) is 11.1. The number of alkyl halides is 1. The van der Waals surface area contributed by atoms with Crippen LogP contribution in [-0.2, 0) is 9.59 Å². The molecule has 0 aliphatic carbocycles. The first-order valence-electron chi connectivity index (χ1n) is 5.78. The summed E-state index contributed by atoms with van der Waals surface area (Å²) in [5, 5.41) is -0.602. The first-order chi connectivity index (χ1) is 8.49. The number of carbonyl (C=O) groups is 2. The summed E-state index contributed by atoms with van der Waals surface area (Å²) in [5.74, 6) is 0.927. The van der Waals surface area contributed by atoms with Crippen LogP contribution in [0.4, 0.5) is 5.88 Å². The van der Waals surface area contributed by atoms with Gasteiger partial charge in [0.05, 0.1) is 0 Å². The molecule has 1 fully saturated rings. The molecule has 1 aromatic rings. The molecule has 1 aliphatic heterocycles. The number of amides is 2. The highest BCUT2D eigenvalue weighted by Crippen LogP contribution is 2.20. The Balaban J connectivity index is 2.05. The number of hydrogen-bond acceptors (Lipinski definition) is 3. The Kier molecular flexibility index (Phi) is 3.61. The fourth-order valence-corrected chi connectivity index (χ4v) is 2.05. The minimum Gasteiger partial charge on any atom is -0.445 e. The minimum absolute atomic E-state index is 0.0512. The second kappa shape index (κ2) is 5.02.